The van der Waals surface area contributed by atoms with Crippen molar-refractivity contribution in [2.75, 3.05) is 0 Å². The zero-order valence-corrected chi connectivity index (χ0v) is 37.5. The Morgan fingerprint density at radius 1 is 0.279 bits per heavy atom. The molecule has 0 amide bonds. The van der Waals surface area contributed by atoms with Crippen LogP contribution in [0.5, 0.6) is 0 Å². The van der Waals surface area contributed by atoms with Gasteiger partial charge in [0.2, 0.25) is 0 Å². The fourth-order valence-electron chi connectivity index (χ4n) is 10.8. The zero-order chi connectivity index (χ0) is 42.6. The molecule has 0 saturated carbocycles. The Kier molecular flexibility index (Phi) is 9.40. The summed E-state index contributed by atoms with van der Waals surface area (Å²) < 4.78 is 5.02. The quantitative estimate of drug-likeness (QED) is 0.155. The van der Waals surface area contributed by atoms with Crippen molar-refractivity contribution in [2.45, 2.75) is 0 Å². The van der Waals surface area contributed by atoms with Crippen molar-refractivity contribution in [2.24, 2.45) is 0 Å². The van der Waals surface area contributed by atoms with Gasteiger partial charge in [-0.3, -0.25) is 0 Å². The highest BCUT2D eigenvalue weighted by atomic mass is 15.0. The number of para-hydroxylation sites is 2. The predicted octanol–water partition coefficient (Wildman–Crippen LogP) is -6.28. The highest BCUT2D eigenvalue weighted by Gasteiger charge is 2.28. The summed E-state index contributed by atoms with van der Waals surface area (Å²) in [6, 6.07) is 46.8. The van der Waals surface area contributed by atoms with Crippen LogP contribution in [0.3, 0.4) is 0 Å². The van der Waals surface area contributed by atoms with Gasteiger partial charge in [-0.1, -0.05) is 129 Å². The molecule has 13 heteroatoms. The molecular formula is C48H43B11N2. The molecule has 0 fully saturated rings. The maximum absolute atomic E-state index is 2.59. The molecule has 2 heterocycles. The first-order valence-corrected chi connectivity index (χ1v) is 21.8. The fraction of sp³-hybridized carbons (Fsp3) is 0. The third-order valence-electron chi connectivity index (χ3n) is 14.8. The van der Waals surface area contributed by atoms with Gasteiger partial charge in [0.1, 0.15) is 86.3 Å². The predicted molar refractivity (Wildman–Crippen MR) is 301 cm³/mol. The van der Waals surface area contributed by atoms with Crippen LogP contribution in [0.1, 0.15) is 0 Å². The molecule has 0 radical (unpaired) electrons. The van der Waals surface area contributed by atoms with Crippen molar-refractivity contribution in [1.82, 2.24) is 9.13 Å². The Bertz CT molecular complexity index is 3440. The third kappa shape index (κ3) is 5.72. The van der Waals surface area contributed by atoms with Crippen LogP contribution in [0.15, 0.2) is 127 Å². The average Bonchev–Trinajstić information content (AvgIpc) is 3.82. The summed E-state index contributed by atoms with van der Waals surface area (Å²) in [6.45, 7) is 0. The monoisotopic (exact) mass is 768 g/mol. The van der Waals surface area contributed by atoms with Crippen LogP contribution in [0.2, 0.25) is 0 Å². The Morgan fingerprint density at radius 3 is 1.41 bits per heavy atom. The molecule has 0 spiro atoms. The van der Waals surface area contributed by atoms with E-state index in [0.29, 0.717) is 0 Å². The second-order valence-electron chi connectivity index (χ2n) is 17.6. The summed E-state index contributed by atoms with van der Waals surface area (Å²) >= 11 is 0. The first kappa shape index (κ1) is 39.2. The van der Waals surface area contributed by atoms with Gasteiger partial charge in [-0.15, -0.1) is 16.4 Å². The summed E-state index contributed by atoms with van der Waals surface area (Å²) in [5.41, 5.74) is 30.2. The lowest BCUT2D eigenvalue weighted by molar-refractivity contribution is 1.18. The lowest BCUT2D eigenvalue weighted by Gasteiger charge is -2.25. The summed E-state index contributed by atoms with van der Waals surface area (Å²) in [7, 11) is 25.7. The zero-order valence-electron chi connectivity index (χ0n) is 37.5. The SMILES string of the molecule is Bc1c(B)c(B)c(-c2c(B)c(B)c(B)c3c2c2c(B)c(-c4ccc5c(c4)c4ccccc4n5-c4ccc(-c5ccccc5)cc4)c(B)c(B)c2n3-c2ccccc2)c(B)c1B. The van der Waals surface area contributed by atoms with E-state index < -0.39 is 0 Å². The van der Waals surface area contributed by atoms with Gasteiger partial charge in [-0.05, 0) is 75.8 Å². The molecule has 2 nitrogen and oxygen atoms in total. The Hall–Kier alpha value is -5.93. The van der Waals surface area contributed by atoms with Gasteiger partial charge in [0.25, 0.3) is 0 Å². The van der Waals surface area contributed by atoms with Gasteiger partial charge in [0, 0.05) is 44.0 Å². The first-order valence-electron chi connectivity index (χ1n) is 21.8. The molecule has 0 aliphatic carbocycles. The molecule has 0 N–H and O–H groups in total. The van der Waals surface area contributed by atoms with Gasteiger partial charge < -0.3 is 9.13 Å². The highest BCUT2D eigenvalue weighted by Crippen LogP contribution is 2.38. The lowest BCUT2D eigenvalue weighted by Crippen LogP contribution is -2.56. The van der Waals surface area contributed by atoms with E-state index in [1.165, 1.54) is 143 Å². The van der Waals surface area contributed by atoms with Crippen LogP contribution in [0.25, 0.3) is 88.4 Å². The molecule has 0 saturated heterocycles. The summed E-state index contributed by atoms with van der Waals surface area (Å²) in [5, 5.41) is 5.25. The minimum atomic E-state index is 1.16. The molecule has 0 atom stereocenters. The van der Waals surface area contributed by atoms with Gasteiger partial charge >= 0.3 is 0 Å². The standard InChI is InChI=1S/C48H43B11N2/c49-36-31(24-17-20-30-28(21-24)27-13-7-8-14-29(27)60(30)26-18-15-23(16-19-26)22-9-3-1-4-10-22)37(50)45(58)48-35(36)33-32(34-39(52)41(54)44(57)42(55)40(34)53)38(51)43(56)46(59)47(33)61(48)25-11-5-2-6-12-25/h1-21H,49-59H2. The maximum atomic E-state index is 2.59. The number of fused-ring (bicyclic) bond motifs is 6. The second-order valence-corrected chi connectivity index (χ2v) is 17.6. The molecule has 61 heavy (non-hydrogen) atoms. The molecule has 10 aromatic rings. The molecule has 278 valence electrons. The molecule has 2 aromatic heterocycles. The smallest absolute Gasteiger partial charge is 0.141 e. The van der Waals surface area contributed by atoms with E-state index >= 15 is 0 Å². The van der Waals surface area contributed by atoms with E-state index in [1.54, 1.807) is 0 Å². The molecule has 8 aromatic carbocycles. The van der Waals surface area contributed by atoms with Crippen LogP contribution < -0.4 is 60.1 Å². The number of hydrogen-bond acceptors (Lipinski definition) is 0. The Morgan fingerprint density at radius 2 is 0.738 bits per heavy atom. The minimum Gasteiger partial charge on any atom is -0.310 e. The molecule has 0 unspecified atom stereocenters. The molecule has 10 rings (SSSR count). The maximum Gasteiger partial charge on any atom is 0.141 e. The van der Waals surface area contributed by atoms with Crippen molar-refractivity contribution in [3.05, 3.63) is 127 Å². The van der Waals surface area contributed by atoms with Crippen LogP contribution in [-0.2, 0) is 0 Å². The van der Waals surface area contributed by atoms with Crippen LogP contribution in [-0.4, -0.2) is 95.4 Å². The van der Waals surface area contributed by atoms with E-state index in [9.17, 15) is 0 Å². The van der Waals surface area contributed by atoms with Crippen molar-refractivity contribution in [3.8, 4) is 44.8 Å². The van der Waals surface area contributed by atoms with E-state index in [0.717, 1.165) is 5.69 Å². The number of nitrogens with zero attached hydrogens (tertiary/aromatic N) is 2. The Balaban J connectivity index is 1.30. The number of rotatable bonds is 5. The van der Waals surface area contributed by atoms with Crippen molar-refractivity contribution < 1.29 is 0 Å². The average molecular weight is 767 g/mol. The van der Waals surface area contributed by atoms with Crippen LogP contribution >= 0.6 is 0 Å². The Labute approximate surface area is 369 Å². The van der Waals surface area contributed by atoms with E-state index in [4.69, 9.17) is 0 Å². The van der Waals surface area contributed by atoms with Gasteiger partial charge in [-0.2, -0.15) is 0 Å². The third-order valence-corrected chi connectivity index (χ3v) is 14.8. The van der Waals surface area contributed by atoms with Gasteiger partial charge in [0.15, 0.2) is 0 Å². The molecule has 0 bridgehead atoms. The van der Waals surface area contributed by atoms with E-state index in [1.807, 2.05) is 0 Å². The molecular weight excluding hydrogens is 723 g/mol. The van der Waals surface area contributed by atoms with E-state index in [2.05, 4.69) is 223 Å². The highest BCUT2D eigenvalue weighted by molar-refractivity contribution is 6.71. The summed E-state index contributed by atoms with van der Waals surface area (Å²) in [4.78, 5) is 0. The second kappa shape index (κ2) is 14.6. The molecule has 0 aliphatic rings. The largest absolute Gasteiger partial charge is 0.310 e. The fourth-order valence-corrected chi connectivity index (χ4v) is 10.8. The van der Waals surface area contributed by atoms with Gasteiger partial charge in [0.05, 0.1) is 11.0 Å². The number of aromatic nitrogens is 2. The lowest BCUT2D eigenvalue weighted by atomic mass is 9.57. The first-order chi connectivity index (χ1) is 29.4. The van der Waals surface area contributed by atoms with Crippen molar-refractivity contribution in [3.63, 3.8) is 0 Å². The van der Waals surface area contributed by atoms with Crippen molar-refractivity contribution >= 4 is 190 Å². The number of hydrogen-bond donors (Lipinski definition) is 0. The number of benzene rings is 8. The van der Waals surface area contributed by atoms with Crippen LogP contribution in [0.4, 0.5) is 0 Å². The summed E-state index contributed by atoms with van der Waals surface area (Å²) in [6.07, 6.45) is 0. The summed E-state index contributed by atoms with van der Waals surface area (Å²) in [5.74, 6) is 0. The van der Waals surface area contributed by atoms with Crippen molar-refractivity contribution in [1.29, 1.82) is 0 Å². The van der Waals surface area contributed by atoms with E-state index in [-0.39, 0.29) is 0 Å². The minimum absolute atomic E-state index is 1.16. The van der Waals surface area contributed by atoms with Gasteiger partial charge in [-0.25, -0.2) is 0 Å². The molecule has 0 aliphatic heterocycles. The normalized spacial score (nSPS) is 11.7. The topological polar surface area (TPSA) is 9.86 Å². The van der Waals surface area contributed by atoms with Crippen LogP contribution in [0, 0.1) is 0 Å².